The third-order valence-electron chi connectivity index (χ3n) is 4.11. The fourth-order valence-corrected chi connectivity index (χ4v) is 3.04. The second kappa shape index (κ2) is 7.14. The van der Waals surface area contributed by atoms with Gasteiger partial charge in [0.25, 0.3) is 0 Å². The van der Waals surface area contributed by atoms with Gasteiger partial charge in [-0.1, -0.05) is 0 Å². The summed E-state index contributed by atoms with van der Waals surface area (Å²) in [6.45, 7) is 5.50. The molecule has 2 aromatic heterocycles. The van der Waals surface area contributed by atoms with E-state index in [0.717, 1.165) is 30.5 Å². The molecule has 7 heteroatoms. The molecule has 3 rings (SSSR count). The zero-order valence-electron chi connectivity index (χ0n) is 15.0. The number of morpholine rings is 1. The van der Waals surface area contributed by atoms with Crippen molar-refractivity contribution in [2.45, 2.75) is 26.1 Å². The van der Waals surface area contributed by atoms with Gasteiger partial charge < -0.3 is 14.5 Å². The van der Waals surface area contributed by atoms with Gasteiger partial charge in [-0.05, 0) is 19.9 Å². The Bertz CT molecular complexity index is 738. The van der Waals surface area contributed by atoms with Gasteiger partial charge in [0.2, 0.25) is 5.95 Å². The Hall–Kier alpha value is -2.54. The smallest absolute Gasteiger partial charge is 0.224 e. The van der Waals surface area contributed by atoms with Crippen LogP contribution in [0.15, 0.2) is 24.7 Å². The molecule has 0 saturated carbocycles. The van der Waals surface area contributed by atoms with E-state index in [4.69, 9.17) is 4.74 Å². The van der Waals surface area contributed by atoms with Crippen molar-refractivity contribution in [3.8, 4) is 11.1 Å². The first-order valence-corrected chi connectivity index (χ1v) is 8.33. The molecule has 0 N–H and O–H groups in total. The standard InChI is InChI=1S/C18H23N5O2/c1-12-9-23(10-13(2)25-12)17-15(11-24)5-14(6-19-17)16-7-20-18(21-8-16)22(3)4/h5-8,11-13H,9-10H2,1-4H3/t12-,13+. The first kappa shape index (κ1) is 17.3. The van der Waals surface area contributed by atoms with Crippen molar-refractivity contribution in [1.82, 2.24) is 15.0 Å². The van der Waals surface area contributed by atoms with E-state index in [1.165, 1.54) is 0 Å². The summed E-state index contributed by atoms with van der Waals surface area (Å²) in [6, 6.07) is 1.84. The molecule has 0 aliphatic carbocycles. The van der Waals surface area contributed by atoms with E-state index in [1.54, 1.807) is 18.6 Å². The predicted molar refractivity (Wildman–Crippen MR) is 97.2 cm³/mol. The van der Waals surface area contributed by atoms with Gasteiger partial charge in [-0.3, -0.25) is 4.79 Å². The Kier molecular flexibility index (Phi) is 4.94. The fraction of sp³-hybridized carbons (Fsp3) is 0.444. The quantitative estimate of drug-likeness (QED) is 0.788. The first-order valence-electron chi connectivity index (χ1n) is 8.33. The molecule has 0 radical (unpaired) electrons. The number of rotatable bonds is 4. The van der Waals surface area contributed by atoms with Crippen molar-refractivity contribution in [1.29, 1.82) is 0 Å². The zero-order chi connectivity index (χ0) is 18.0. The molecule has 0 unspecified atom stereocenters. The highest BCUT2D eigenvalue weighted by atomic mass is 16.5. The Labute approximate surface area is 147 Å². The van der Waals surface area contributed by atoms with Gasteiger partial charge in [0.1, 0.15) is 5.82 Å². The van der Waals surface area contributed by atoms with Crippen molar-refractivity contribution in [2.75, 3.05) is 37.0 Å². The largest absolute Gasteiger partial charge is 0.372 e. The van der Waals surface area contributed by atoms with Gasteiger partial charge in [0.15, 0.2) is 6.29 Å². The maximum absolute atomic E-state index is 11.6. The maximum atomic E-state index is 11.6. The van der Waals surface area contributed by atoms with Crippen LogP contribution in [0.5, 0.6) is 0 Å². The van der Waals surface area contributed by atoms with E-state index in [0.29, 0.717) is 17.3 Å². The van der Waals surface area contributed by atoms with Crippen LogP contribution >= 0.6 is 0 Å². The van der Waals surface area contributed by atoms with E-state index in [-0.39, 0.29) is 12.2 Å². The van der Waals surface area contributed by atoms with E-state index in [2.05, 4.69) is 19.9 Å². The monoisotopic (exact) mass is 341 g/mol. The van der Waals surface area contributed by atoms with Crippen LogP contribution in [0.1, 0.15) is 24.2 Å². The highest BCUT2D eigenvalue weighted by molar-refractivity contribution is 5.85. The lowest BCUT2D eigenvalue weighted by atomic mass is 10.1. The zero-order valence-corrected chi connectivity index (χ0v) is 15.0. The van der Waals surface area contributed by atoms with E-state index in [1.807, 2.05) is 38.9 Å². The van der Waals surface area contributed by atoms with Crippen molar-refractivity contribution >= 4 is 18.1 Å². The lowest BCUT2D eigenvalue weighted by Gasteiger charge is -2.36. The average molecular weight is 341 g/mol. The second-order valence-electron chi connectivity index (χ2n) is 6.58. The summed E-state index contributed by atoms with van der Waals surface area (Å²) in [5.74, 6) is 1.34. The molecule has 0 amide bonds. The number of hydrogen-bond acceptors (Lipinski definition) is 7. The number of aldehydes is 1. The minimum absolute atomic E-state index is 0.108. The molecule has 1 saturated heterocycles. The number of aromatic nitrogens is 3. The molecule has 1 fully saturated rings. The number of pyridine rings is 1. The van der Waals surface area contributed by atoms with Crippen LogP contribution in [-0.2, 0) is 4.74 Å². The van der Waals surface area contributed by atoms with Crippen LogP contribution in [0, 0.1) is 0 Å². The summed E-state index contributed by atoms with van der Waals surface area (Å²) in [5.41, 5.74) is 2.22. The molecule has 7 nitrogen and oxygen atoms in total. The number of nitrogens with zero attached hydrogens (tertiary/aromatic N) is 5. The third-order valence-corrected chi connectivity index (χ3v) is 4.11. The molecule has 2 aromatic rings. The molecule has 1 aliphatic heterocycles. The van der Waals surface area contributed by atoms with E-state index in [9.17, 15) is 4.79 Å². The van der Waals surface area contributed by atoms with Crippen LogP contribution in [0.3, 0.4) is 0 Å². The molecule has 25 heavy (non-hydrogen) atoms. The van der Waals surface area contributed by atoms with Crippen LogP contribution in [0.4, 0.5) is 11.8 Å². The summed E-state index contributed by atoms with van der Waals surface area (Å²) in [7, 11) is 3.78. The van der Waals surface area contributed by atoms with E-state index >= 15 is 0 Å². The number of carbonyl (C=O) groups is 1. The molecule has 132 valence electrons. The van der Waals surface area contributed by atoms with Crippen molar-refractivity contribution in [3.63, 3.8) is 0 Å². The number of anilines is 2. The van der Waals surface area contributed by atoms with Gasteiger partial charge in [-0.15, -0.1) is 0 Å². The summed E-state index contributed by atoms with van der Waals surface area (Å²) in [4.78, 5) is 28.7. The Morgan fingerprint density at radius 2 is 1.68 bits per heavy atom. The third kappa shape index (κ3) is 3.76. The number of hydrogen-bond donors (Lipinski definition) is 0. The number of ether oxygens (including phenoxy) is 1. The normalized spacial score (nSPS) is 20.4. The predicted octanol–water partition coefficient (Wildman–Crippen LogP) is 2.03. The lowest BCUT2D eigenvalue weighted by Crippen LogP contribution is -2.46. The molecule has 2 atom stereocenters. The molecule has 1 aliphatic rings. The highest BCUT2D eigenvalue weighted by Crippen LogP contribution is 2.26. The van der Waals surface area contributed by atoms with Crippen molar-refractivity contribution in [3.05, 3.63) is 30.2 Å². The molecular weight excluding hydrogens is 318 g/mol. The molecular formula is C18H23N5O2. The summed E-state index contributed by atoms with van der Waals surface area (Å²) >= 11 is 0. The van der Waals surface area contributed by atoms with Crippen LogP contribution < -0.4 is 9.80 Å². The van der Waals surface area contributed by atoms with E-state index < -0.39 is 0 Å². The highest BCUT2D eigenvalue weighted by Gasteiger charge is 2.25. The molecule has 0 aromatic carbocycles. The summed E-state index contributed by atoms with van der Waals surface area (Å²) < 4.78 is 5.76. The Morgan fingerprint density at radius 1 is 1.08 bits per heavy atom. The topological polar surface area (TPSA) is 71.5 Å². The van der Waals surface area contributed by atoms with Crippen molar-refractivity contribution < 1.29 is 9.53 Å². The molecule has 0 bridgehead atoms. The van der Waals surface area contributed by atoms with Crippen LogP contribution in [0.25, 0.3) is 11.1 Å². The second-order valence-corrected chi connectivity index (χ2v) is 6.58. The van der Waals surface area contributed by atoms with Gasteiger partial charge in [0.05, 0.1) is 17.8 Å². The van der Waals surface area contributed by atoms with Gasteiger partial charge in [-0.25, -0.2) is 15.0 Å². The molecule has 0 spiro atoms. The lowest BCUT2D eigenvalue weighted by molar-refractivity contribution is -0.00549. The first-order chi connectivity index (χ1) is 12.0. The maximum Gasteiger partial charge on any atom is 0.224 e. The number of carbonyl (C=O) groups excluding carboxylic acids is 1. The minimum atomic E-state index is 0.108. The van der Waals surface area contributed by atoms with Crippen molar-refractivity contribution in [2.24, 2.45) is 0 Å². The Balaban J connectivity index is 1.90. The van der Waals surface area contributed by atoms with Crippen LogP contribution in [0.2, 0.25) is 0 Å². The average Bonchev–Trinajstić information content (AvgIpc) is 2.60. The van der Waals surface area contributed by atoms with Gasteiger partial charge in [-0.2, -0.15) is 0 Å². The van der Waals surface area contributed by atoms with Gasteiger partial charge >= 0.3 is 0 Å². The summed E-state index contributed by atoms with van der Waals surface area (Å²) in [6.07, 6.45) is 6.32. The SMILES string of the molecule is C[C@@H]1CN(c2ncc(-c3cnc(N(C)C)nc3)cc2C=O)C[C@H](C)O1. The van der Waals surface area contributed by atoms with Crippen LogP contribution in [-0.4, -0.2) is 60.6 Å². The Morgan fingerprint density at radius 3 is 2.24 bits per heavy atom. The van der Waals surface area contributed by atoms with Gasteiger partial charge in [0, 0.05) is 56.9 Å². The molecule has 3 heterocycles. The summed E-state index contributed by atoms with van der Waals surface area (Å²) in [5, 5.41) is 0. The fourth-order valence-electron chi connectivity index (χ4n) is 3.04. The minimum Gasteiger partial charge on any atom is -0.372 e.